The number of hydrogen-bond donors (Lipinski definition) is 9. The molecule has 0 radical (unpaired) electrons. The van der Waals surface area contributed by atoms with Gasteiger partial charge in [0.1, 0.15) is 19.3 Å². The summed E-state index contributed by atoms with van der Waals surface area (Å²) >= 11 is 0. The van der Waals surface area contributed by atoms with E-state index in [1.165, 1.54) is 38.5 Å². The van der Waals surface area contributed by atoms with Gasteiger partial charge in [0.15, 0.2) is 12.8 Å². The summed E-state index contributed by atoms with van der Waals surface area (Å²) in [6.45, 7) is 5.09. The van der Waals surface area contributed by atoms with Gasteiger partial charge in [-0.1, -0.05) is 77.0 Å². The Kier molecular flexibility index (Phi) is 39.0. The first-order valence-corrected chi connectivity index (χ1v) is 22.3. The number of hydrazine groups is 1. The maximum Gasteiger partial charge on any atom is 0.331 e. The Morgan fingerprint density at radius 2 is 0.871 bits per heavy atom. The molecule has 0 heterocycles. The third-order valence-electron chi connectivity index (χ3n) is 9.50. The Labute approximate surface area is 366 Å². The second-order valence-electron chi connectivity index (χ2n) is 14.9. The summed E-state index contributed by atoms with van der Waals surface area (Å²) in [4.78, 5) is 81.4. The first kappa shape index (κ1) is 57.6. The van der Waals surface area contributed by atoms with E-state index in [0.29, 0.717) is 32.2 Å². The van der Waals surface area contributed by atoms with Crippen molar-refractivity contribution in [1.29, 1.82) is 0 Å². The summed E-state index contributed by atoms with van der Waals surface area (Å²) < 4.78 is 21.3. The maximum absolute atomic E-state index is 12.3. The Balaban J connectivity index is 3.66. The largest absolute Gasteiger partial charge is 0.481 e. The molecule has 2 atom stereocenters. The van der Waals surface area contributed by atoms with E-state index in [1.807, 2.05) is 0 Å². The highest BCUT2D eigenvalue weighted by atomic mass is 16.5. The van der Waals surface area contributed by atoms with Crippen LogP contribution in [0, 0.1) is 0 Å². The van der Waals surface area contributed by atoms with Crippen LogP contribution in [0.15, 0.2) is 0 Å². The maximum atomic E-state index is 12.3. The fraction of sp³-hybridized carbons (Fsp3) is 0.810. The van der Waals surface area contributed by atoms with Crippen LogP contribution in [-0.2, 0) is 52.5 Å². The molecule has 0 aliphatic rings. The zero-order chi connectivity index (χ0) is 45.9. The quantitative estimate of drug-likeness (QED) is 0.0234. The van der Waals surface area contributed by atoms with Gasteiger partial charge in [0, 0.05) is 38.9 Å². The minimum Gasteiger partial charge on any atom is -0.481 e. The molecule has 0 unspecified atom stereocenters. The molecule has 20 nitrogen and oxygen atoms in total. The van der Waals surface area contributed by atoms with Crippen LogP contribution in [0.3, 0.4) is 0 Å². The number of nitrogens with one attached hydrogen (secondary N) is 6. The summed E-state index contributed by atoms with van der Waals surface area (Å²) in [7, 11) is 0. The SMILES string of the molecule is C=[NH+]N[C@@H](CCCCNC(=O)COCCOCCNC(=O)COCCOCCNC(=O)CC[C@H](NC(=O)CCCCCCCCCCCCCCCCC(=O)O)C(=O)O)C(=O)O. The van der Waals surface area contributed by atoms with E-state index in [0.717, 1.165) is 44.9 Å². The lowest BCUT2D eigenvalue weighted by atomic mass is 10.0. The number of carbonyl (C=O) groups excluding carboxylic acids is 4. The van der Waals surface area contributed by atoms with Gasteiger partial charge in [-0.2, -0.15) is 5.43 Å². The molecule has 0 aromatic rings. The van der Waals surface area contributed by atoms with Gasteiger partial charge >= 0.3 is 17.9 Å². The van der Waals surface area contributed by atoms with Crippen LogP contribution >= 0.6 is 0 Å². The van der Waals surface area contributed by atoms with Gasteiger partial charge in [0.05, 0.1) is 39.6 Å². The number of hydrogen-bond acceptors (Lipinski definition) is 12. The third kappa shape index (κ3) is 39.7. The van der Waals surface area contributed by atoms with Crippen molar-refractivity contribution in [3.8, 4) is 0 Å². The van der Waals surface area contributed by atoms with Crippen LogP contribution < -0.4 is 31.8 Å². The fourth-order valence-electron chi connectivity index (χ4n) is 6.05. The molecular formula is C42H77N6O14+. The van der Waals surface area contributed by atoms with Crippen molar-refractivity contribution in [1.82, 2.24) is 26.7 Å². The third-order valence-corrected chi connectivity index (χ3v) is 9.50. The highest BCUT2D eigenvalue weighted by Gasteiger charge is 2.21. The highest BCUT2D eigenvalue weighted by molar-refractivity contribution is 5.84. The van der Waals surface area contributed by atoms with E-state index >= 15 is 0 Å². The fourth-order valence-corrected chi connectivity index (χ4v) is 6.05. The van der Waals surface area contributed by atoms with Crippen LogP contribution in [0.2, 0.25) is 0 Å². The molecule has 20 heteroatoms. The lowest BCUT2D eigenvalue weighted by Gasteiger charge is -2.14. The molecule has 0 saturated heterocycles. The zero-order valence-corrected chi connectivity index (χ0v) is 36.8. The van der Waals surface area contributed by atoms with Gasteiger partial charge in [0.25, 0.3) is 0 Å². The predicted molar refractivity (Wildman–Crippen MR) is 229 cm³/mol. The van der Waals surface area contributed by atoms with Crippen molar-refractivity contribution in [2.24, 2.45) is 0 Å². The number of aliphatic carboxylic acids is 3. The number of rotatable bonds is 46. The Morgan fingerprint density at radius 3 is 1.34 bits per heavy atom. The molecule has 358 valence electrons. The number of carboxylic acids is 3. The summed E-state index contributed by atoms with van der Waals surface area (Å²) in [6.07, 6.45) is 17.0. The monoisotopic (exact) mass is 890 g/mol. The molecule has 0 spiro atoms. The van der Waals surface area contributed by atoms with Crippen LogP contribution in [0.25, 0.3) is 0 Å². The summed E-state index contributed by atoms with van der Waals surface area (Å²) in [5.41, 5.74) is 2.54. The lowest BCUT2D eigenvalue weighted by molar-refractivity contribution is -0.522. The van der Waals surface area contributed by atoms with Gasteiger partial charge in [-0.25, -0.2) is 9.59 Å². The topological polar surface area (TPSA) is 291 Å². The Hall–Kier alpha value is -4.40. The van der Waals surface area contributed by atoms with Crippen molar-refractivity contribution >= 4 is 48.3 Å². The zero-order valence-electron chi connectivity index (χ0n) is 36.8. The Morgan fingerprint density at radius 1 is 0.435 bits per heavy atom. The number of hydrazone groups is 1. The van der Waals surface area contributed by atoms with E-state index < -0.39 is 30.0 Å². The van der Waals surface area contributed by atoms with E-state index in [2.05, 4.69) is 38.5 Å². The van der Waals surface area contributed by atoms with Crippen molar-refractivity contribution in [2.75, 3.05) is 72.5 Å². The molecular weight excluding hydrogens is 812 g/mol. The summed E-state index contributed by atoms with van der Waals surface area (Å²) in [5.74, 6) is -4.21. The van der Waals surface area contributed by atoms with E-state index in [1.54, 1.807) is 0 Å². The summed E-state index contributed by atoms with van der Waals surface area (Å²) in [6, 6.07) is -1.90. The second kappa shape index (κ2) is 41.9. The van der Waals surface area contributed by atoms with E-state index in [-0.39, 0.29) is 115 Å². The molecule has 0 saturated carbocycles. The molecule has 0 aromatic carbocycles. The molecule has 9 N–H and O–H groups in total. The van der Waals surface area contributed by atoms with E-state index in [9.17, 15) is 38.7 Å². The molecule has 0 aromatic heterocycles. The molecule has 0 fully saturated rings. The van der Waals surface area contributed by atoms with Gasteiger partial charge in [-0.3, -0.25) is 24.0 Å². The van der Waals surface area contributed by atoms with E-state index in [4.69, 9.17) is 29.2 Å². The standard InChI is InChI=1S/C42H76N6O14/c1-43-48-35(42(57)58)18-16-17-23-44-38(51)32-61-30-29-60-27-25-46-39(52)33-62-31-28-59-26-24-45-36(49)22-21-34(41(55)56)47-37(50)19-14-12-10-8-6-4-2-3-5-7-9-11-13-15-20-40(53)54/h34-35,48H,1-33H2,(H,44,51)(H,45,49)(H,46,52)(H,47,50)(H,53,54)(H,55,56)(H,57,58)/p+1/t34-,35-/m0/s1. The smallest absolute Gasteiger partial charge is 0.331 e. The molecule has 0 bridgehead atoms. The van der Waals surface area contributed by atoms with Gasteiger partial charge in [-0.05, 0) is 38.5 Å². The first-order valence-electron chi connectivity index (χ1n) is 22.3. The average molecular weight is 890 g/mol. The molecule has 0 aliphatic carbocycles. The van der Waals surface area contributed by atoms with Crippen molar-refractivity contribution < 1.29 is 72.9 Å². The van der Waals surface area contributed by atoms with Crippen LogP contribution in [-0.4, -0.2) is 148 Å². The van der Waals surface area contributed by atoms with Crippen molar-refractivity contribution in [2.45, 2.75) is 147 Å². The number of carbonyl (C=O) groups is 7. The Bertz CT molecular complexity index is 1240. The van der Waals surface area contributed by atoms with Crippen molar-refractivity contribution in [3.63, 3.8) is 0 Å². The average Bonchev–Trinajstić information content (AvgIpc) is 3.23. The molecule has 4 amide bonds. The minimum atomic E-state index is -1.19. The van der Waals surface area contributed by atoms with Gasteiger partial charge in [-0.15, -0.1) is 5.10 Å². The second-order valence-corrected chi connectivity index (χ2v) is 14.9. The molecule has 0 aliphatic heterocycles. The molecule has 0 rings (SSSR count). The van der Waals surface area contributed by atoms with Crippen molar-refractivity contribution in [3.05, 3.63) is 0 Å². The first-order chi connectivity index (χ1) is 30.0. The number of carboxylic acid groups (broad SMARTS) is 3. The predicted octanol–water partition coefficient (Wildman–Crippen LogP) is 0.987. The van der Waals surface area contributed by atoms with Crippen LogP contribution in [0.5, 0.6) is 0 Å². The van der Waals surface area contributed by atoms with Gasteiger partial charge < -0.3 is 55.5 Å². The molecule has 62 heavy (non-hydrogen) atoms. The van der Waals surface area contributed by atoms with Crippen LogP contribution in [0.4, 0.5) is 0 Å². The number of amides is 4. The summed E-state index contributed by atoms with van der Waals surface area (Å²) in [5, 5.41) is 40.1. The number of ether oxygens (including phenoxy) is 4. The van der Waals surface area contributed by atoms with Crippen LogP contribution in [0.1, 0.15) is 135 Å². The minimum absolute atomic E-state index is 0.0328. The highest BCUT2D eigenvalue weighted by Crippen LogP contribution is 2.14. The van der Waals surface area contributed by atoms with Gasteiger partial charge in [0.2, 0.25) is 23.6 Å². The number of unbranched alkanes of at least 4 members (excludes halogenated alkanes) is 14. The lowest BCUT2D eigenvalue weighted by Crippen LogP contribution is -2.81. The normalized spacial score (nSPS) is 11.9.